The van der Waals surface area contributed by atoms with Crippen LogP contribution in [0.4, 0.5) is 0 Å². The van der Waals surface area contributed by atoms with Gasteiger partial charge >= 0.3 is 0 Å². The monoisotopic (exact) mass is 256 g/mol. The van der Waals surface area contributed by atoms with Crippen molar-refractivity contribution in [1.82, 2.24) is 10.2 Å². The number of hydrogen-bond donors (Lipinski definition) is 1. The van der Waals surface area contributed by atoms with E-state index in [9.17, 15) is 9.59 Å². The minimum Gasteiger partial charge on any atom is -0.380 e. The summed E-state index contributed by atoms with van der Waals surface area (Å²) in [5.41, 5.74) is 0. The van der Waals surface area contributed by atoms with E-state index < -0.39 is 0 Å². The zero-order valence-electron chi connectivity index (χ0n) is 11.7. The van der Waals surface area contributed by atoms with Crippen LogP contribution in [0.5, 0.6) is 0 Å². The summed E-state index contributed by atoms with van der Waals surface area (Å²) in [4.78, 5) is 25.6. The summed E-state index contributed by atoms with van der Waals surface area (Å²) in [5.74, 6) is 0.194. The number of rotatable bonds is 6. The maximum Gasteiger partial charge on any atom is 0.243 e. The SMILES string of the molecule is CCOCC(C(C)C)N1C(=O)CNC(=O)C1CC. The predicted molar refractivity (Wildman–Crippen MR) is 69.1 cm³/mol. The van der Waals surface area contributed by atoms with Gasteiger partial charge in [0, 0.05) is 6.61 Å². The van der Waals surface area contributed by atoms with Crippen LogP contribution in [0.2, 0.25) is 0 Å². The zero-order chi connectivity index (χ0) is 13.7. The molecule has 1 aliphatic rings. The maximum absolute atomic E-state index is 12.1. The van der Waals surface area contributed by atoms with E-state index in [2.05, 4.69) is 19.2 Å². The van der Waals surface area contributed by atoms with Gasteiger partial charge in [0.05, 0.1) is 19.2 Å². The second kappa shape index (κ2) is 6.73. The Labute approximate surface area is 109 Å². The molecule has 0 radical (unpaired) electrons. The smallest absolute Gasteiger partial charge is 0.243 e. The van der Waals surface area contributed by atoms with Crippen molar-refractivity contribution in [3.05, 3.63) is 0 Å². The molecule has 1 rings (SSSR count). The highest BCUT2D eigenvalue weighted by molar-refractivity contribution is 5.95. The van der Waals surface area contributed by atoms with Gasteiger partial charge in [0.15, 0.2) is 0 Å². The minimum absolute atomic E-state index is 0.0140. The van der Waals surface area contributed by atoms with Crippen LogP contribution in [-0.2, 0) is 14.3 Å². The second-order valence-corrected chi connectivity index (χ2v) is 4.91. The number of carbonyl (C=O) groups excluding carboxylic acids is 2. The van der Waals surface area contributed by atoms with Crippen molar-refractivity contribution >= 4 is 11.8 Å². The summed E-state index contributed by atoms with van der Waals surface area (Å²) in [6.07, 6.45) is 0.632. The predicted octanol–water partition coefficient (Wildman–Crippen LogP) is 0.785. The molecule has 1 aliphatic heterocycles. The minimum atomic E-state index is -0.362. The average Bonchev–Trinajstić information content (AvgIpc) is 2.33. The van der Waals surface area contributed by atoms with Crippen LogP contribution in [0.3, 0.4) is 0 Å². The number of hydrogen-bond acceptors (Lipinski definition) is 3. The van der Waals surface area contributed by atoms with Gasteiger partial charge in [0.2, 0.25) is 11.8 Å². The van der Waals surface area contributed by atoms with Crippen LogP contribution in [0.25, 0.3) is 0 Å². The summed E-state index contributed by atoms with van der Waals surface area (Å²) in [7, 11) is 0. The van der Waals surface area contributed by atoms with Gasteiger partial charge in [-0.15, -0.1) is 0 Å². The third kappa shape index (κ3) is 3.22. The number of nitrogens with zero attached hydrogens (tertiary/aromatic N) is 1. The van der Waals surface area contributed by atoms with Crippen LogP contribution in [0, 0.1) is 5.92 Å². The standard InChI is InChI=1S/C13H24N2O3/c1-5-10-13(17)14-7-12(16)15(10)11(9(3)4)8-18-6-2/h9-11H,5-8H2,1-4H3,(H,14,17). The van der Waals surface area contributed by atoms with Gasteiger partial charge in [-0.25, -0.2) is 0 Å². The molecule has 5 nitrogen and oxygen atoms in total. The van der Waals surface area contributed by atoms with E-state index in [4.69, 9.17) is 4.74 Å². The molecule has 1 fully saturated rings. The Bertz CT molecular complexity index is 305. The van der Waals surface area contributed by atoms with Crippen molar-refractivity contribution in [2.45, 2.75) is 46.2 Å². The molecule has 1 N–H and O–H groups in total. The van der Waals surface area contributed by atoms with Gasteiger partial charge in [-0.05, 0) is 19.3 Å². The molecular formula is C13H24N2O3. The Morgan fingerprint density at radius 3 is 2.56 bits per heavy atom. The lowest BCUT2D eigenvalue weighted by Crippen LogP contribution is -2.63. The summed E-state index contributed by atoms with van der Waals surface area (Å²) in [6, 6.07) is -0.396. The van der Waals surface area contributed by atoms with Crippen molar-refractivity contribution in [1.29, 1.82) is 0 Å². The first-order valence-electron chi connectivity index (χ1n) is 6.69. The van der Waals surface area contributed by atoms with E-state index >= 15 is 0 Å². The highest BCUT2D eigenvalue weighted by Crippen LogP contribution is 2.19. The summed E-state index contributed by atoms with van der Waals surface area (Å²) in [5, 5.41) is 2.64. The van der Waals surface area contributed by atoms with E-state index in [0.717, 1.165) is 0 Å². The zero-order valence-corrected chi connectivity index (χ0v) is 11.7. The lowest BCUT2D eigenvalue weighted by molar-refractivity contribution is -0.151. The van der Waals surface area contributed by atoms with E-state index in [-0.39, 0.29) is 36.4 Å². The van der Waals surface area contributed by atoms with Crippen LogP contribution in [0.15, 0.2) is 0 Å². The first-order valence-corrected chi connectivity index (χ1v) is 6.69. The molecule has 0 aliphatic carbocycles. The van der Waals surface area contributed by atoms with E-state index in [0.29, 0.717) is 19.6 Å². The first-order chi connectivity index (χ1) is 8.52. The van der Waals surface area contributed by atoms with E-state index in [1.54, 1.807) is 4.90 Å². The first kappa shape index (κ1) is 15.0. The molecule has 0 aromatic heterocycles. The summed E-state index contributed by atoms with van der Waals surface area (Å²) < 4.78 is 5.46. The highest BCUT2D eigenvalue weighted by Gasteiger charge is 2.38. The van der Waals surface area contributed by atoms with Gasteiger partial charge in [-0.3, -0.25) is 9.59 Å². The Hall–Kier alpha value is -1.10. The van der Waals surface area contributed by atoms with Crippen LogP contribution in [0.1, 0.15) is 34.1 Å². The van der Waals surface area contributed by atoms with Crippen molar-refractivity contribution < 1.29 is 14.3 Å². The number of ether oxygens (including phenoxy) is 1. The van der Waals surface area contributed by atoms with Gasteiger partial charge in [0.1, 0.15) is 6.04 Å². The average molecular weight is 256 g/mol. The van der Waals surface area contributed by atoms with Crippen molar-refractivity contribution in [3.8, 4) is 0 Å². The normalized spacial score (nSPS) is 22.3. The van der Waals surface area contributed by atoms with E-state index in [1.165, 1.54) is 0 Å². The Morgan fingerprint density at radius 1 is 1.39 bits per heavy atom. The molecular weight excluding hydrogens is 232 g/mol. The van der Waals surface area contributed by atoms with Gasteiger partial charge in [-0.2, -0.15) is 0 Å². The fraction of sp³-hybridized carbons (Fsp3) is 0.846. The largest absolute Gasteiger partial charge is 0.380 e. The molecule has 0 saturated carbocycles. The highest BCUT2D eigenvalue weighted by atomic mass is 16.5. The molecule has 2 atom stereocenters. The summed E-state index contributed by atoms with van der Waals surface area (Å²) in [6.45, 7) is 9.17. The van der Waals surface area contributed by atoms with E-state index in [1.807, 2.05) is 13.8 Å². The molecule has 1 saturated heterocycles. The Kier molecular flexibility index (Phi) is 5.59. The molecule has 0 aromatic rings. The Balaban J connectivity index is 2.89. The summed E-state index contributed by atoms with van der Waals surface area (Å²) >= 11 is 0. The van der Waals surface area contributed by atoms with Crippen molar-refractivity contribution in [2.24, 2.45) is 5.92 Å². The molecule has 0 aromatic carbocycles. The lowest BCUT2D eigenvalue weighted by Gasteiger charge is -2.41. The molecule has 18 heavy (non-hydrogen) atoms. The number of carbonyl (C=O) groups is 2. The van der Waals surface area contributed by atoms with Gasteiger partial charge in [0.25, 0.3) is 0 Å². The molecule has 1 heterocycles. The Morgan fingerprint density at radius 2 is 2.06 bits per heavy atom. The molecule has 2 amide bonds. The number of amides is 2. The van der Waals surface area contributed by atoms with Gasteiger partial charge < -0.3 is 15.0 Å². The van der Waals surface area contributed by atoms with Crippen LogP contribution < -0.4 is 5.32 Å². The van der Waals surface area contributed by atoms with Crippen molar-refractivity contribution in [2.75, 3.05) is 19.8 Å². The van der Waals surface area contributed by atoms with Crippen LogP contribution >= 0.6 is 0 Å². The molecule has 104 valence electrons. The fourth-order valence-corrected chi connectivity index (χ4v) is 2.30. The number of piperazine rings is 1. The molecule has 0 spiro atoms. The van der Waals surface area contributed by atoms with Crippen molar-refractivity contribution in [3.63, 3.8) is 0 Å². The lowest BCUT2D eigenvalue weighted by atomic mass is 9.98. The fourth-order valence-electron chi connectivity index (χ4n) is 2.30. The molecule has 0 bridgehead atoms. The van der Waals surface area contributed by atoms with Crippen LogP contribution in [-0.4, -0.2) is 48.6 Å². The number of nitrogens with one attached hydrogen (secondary N) is 1. The second-order valence-electron chi connectivity index (χ2n) is 4.91. The molecule has 2 unspecified atom stereocenters. The maximum atomic E-state index is 12.1. The third-order valence-corrected chi connectivity index (χ3v) is 3.35. The topological polar surface area (TPSA) is 58.6 Å². The van der Waals surface area contributed by atoms with Gasteiger partial charge in [-0.1, -0.05) is 20.8 Å². The molecule has 5 heteroatoms. The third-order valence-electron chi connectivity index (χ3n) is 3.35. The quantitative estimate of drug-likeness (QED) is 0.764.